The number of nitrogens with two attached hydrogens (primary N) is 1. The highest BCUT2D eigenvalue weighted by Gasteiger charge is 2.29. The molecule has 0 aromatic heterocycles. The van der Waals surface area contributed by atoms with Gasteiger partial charge in [0.15, 0.2) is 0 Å². The van der Waals surface area contributed by atoms with Crippen LogP contribution in [0.5, 0.6) is 0 Å². The van der Waals surface area contributed by atoms with Crippen molar-refractivity contribution in [3.05, 3.63) is 33.8 Å². The third kappa shape index (κ3) is 3.65. The molecule has 0 radical (unpaired) electrons. The van der Waals surface area contributed by atoms with Gasteiger partial charge in [-0.15, -0.1) is 0 Å². The number of benzene rings is 1. The molecule has 1 aromatic rings. The lowest BCUT2D eigenvalue weighted by atomic mass is 9.71. The van der Waals surface area contributed by atoms with Crippen molar-refractivity contribution in [1.82, 2.24) is 0 Å². The first-order valence-corrected chi connectivity index (χ1v) is 8.04. The molecule has 0 saturated heterocycles. The highest BCUT2D eigenvalue weighted by Crippen LogP contribution is 2.38. The molecule has 106 valence electrons. The molecule has 0 amide bonds. The molecule has 1 aliphatic rings. The smallest absolute Gasteiger partial charge is 0.0624 e. The first-order valence-electron chi connectivity index (χ1n) is 7.28. The number of halogens is 2. The Labute approximate surface area is 126 Å². The van der Waals surface area contributed by atoms with Gasteiger partial charge in [-0.1, -0.05) is 55.1 Å². The van der Waals surface area contributed by atoms with Gasteiger partial charge in [0.1, 0.15) is 0 Å². The van der Waals surface area contributed by atoms with Crippen molar-refractivity contribution in [2.24, 2.45) is 23.5 Å². The Morgan fingerprint density at radius 2 is 2.00 bits per heavy atom. The van der Waals surface area contributed by atoms with Crippen LogP contribution in [0.25, 0.3) is 0 Å². The molecule has 0 aliphatic heterocycles. The van der Waals surface area contributed by atoms with Gasteiger partial charge in [-0.3, -0.25) is 0 Å². The first kappa shape index (κ1) is 15.2. The summed E-state index contributed by atoms with van der Waals surface area (Å²) in [7, 11) is 0. The standard InChI is InChI=1S/C16H23Cl2N/c1-2-11-6-7-13(10-19)14(8-11)9-12-4-3-5-15(17)16(12)18/h3-5,11,13-14H,2,6-10,19H2,1H3. The van der Waals surface area contributed by atoms with Crippen molar-refractivity contribution in [2.45, 2.75) is 39.0 Å². The van der Waals surface area contributed by atoms with Crippen LogP contribution in [0.2, 0.25) is 10.0 Å². The van der Waals surface area contributed by atoms with Crippen molar-refractivity contribution in [3.63, 3.8) is 0 Å². The highest BCUT2D eigenvalue weighted by molar-refractivity contribution is 6.42. The molecule has 0 spiro atoms. The van der Waals surface area contributed by atoms with Gasteiger partial charge in [-0.25, -0.2) is 0 Å². The van der Waals surface area contributed by atoms with E-state index in [-0.39, 0.29) is 0 Å². The highest BCUT2D eigenvalue weighted by atomic mass is 35.5. The molecule has 2 rings (SSSR count). The average Bonchev–Trinajstić information content (AvgIpc) is 2.43. The van der Waals surface area contributed by atoms with Crippen LogP contribution in [0.1, 0.15) is 38.2 Å². The van der Waals surface area contributed by atoms with E-state index in [4.69, 9.17) is 28.9 Å². The van der Waals surface area contributed by atoms with Crippen molar-refractivity contribution in [2.75, 3.05) is 6.54 Å². The predicted molar refractivity (Wildman–Crippen MR) is 83.8 cm³/mol. The molecular weight excluding hydrogens is 277 g/mol. The summed E-state index contributed by atoms with van der Waals surface area (Å²) in [6, 6.07) is 5.93. The van der Waals surface area contributed by atoms with E-state index in [1.807, 2.05) is 12.1 Å². The van der Waals surface area contributed by atoms with Gasteiger partial charge in [0.2, 0.25) is 0 Å². The molecular formula is C16H23Cl2N. The lowest BCUT2D eigenvalue weighted by molar-refractivity contribution is 0.180. The summed E-state index contributed by atoms with van der Waals surface area (Å²) in [6.07, 6.45) is 6.16. The minimum atomic E-state index is 0.637. The van der Waals surface area contributed by atoms with E-state index in [9.17, 15) is 0 Å². The normalized spacial score (nSPS) is 27.5. The van der Waals surface area contributed by atoms with Gasteiger partial charge in [0.25, 0.3) is 0 Å². The zero-order valence-electron chi connectivity index (χ0n) is 11.5. The van der Waals surface area contributed by atoms with Gasteiger partial charge in [-0.05, 0) is 55.2 Å². The fourth-order valence-corrected chi connectivity index (χ4v) is 3.74. The summed E-state index contributed by atoms with van der Waals surface area (Å²) in [6.45, 7) is 3.08. The van der Waals surface area contributed by atoms with Gasteiger partial charge in [0.05, 0.1) is 10.0 Å². The first-order chi connectivity index (χ1) is 9.15. The van der Waals surface area contributed by atoms with Gasteiger partial charge < -0.3 is 5.73 Å². The summed E-state index contributed by atoms with van der Waals surface area (Å²) in [4.78, 5) is 0. The van der Waals surface area contributed by atoms with E-state index >= 15 is 0 Å². The zero-order chi connectivity index (χ0) is 13.8. The van der Waals surface area contributed by atoms with E-state index in [0.29, 0.717) is 16.9 Å². The van der Waals surface area contributed by atoms with Crippen LogP contribution in [-0.2, 0) is 6.42 Å². The van der Waals surface area contributed by atoms with Crippen molar-refractivity contribution < 1.29 is 0 Å². The van der Waals surface area contributed by atoms with Crippen LogP contribution in [0.15, 0.2) is 18.2 Å². The molecule has 1 aliphatic carbocycles. The van der Waals surface area contributed by atoms with Gasteiger partial charge >= 0.3 is 0 Å². The number of hydrogen-bond acceptors (Lipinski definition) is 1. The second-order valence-electron chi connectivity index (χ2n) is 5.76. The molecule has 0 bridgehead atoms. The lowest BCUT2D eigenvalue weighted by Crippen LogP contribution is -2.31. The van der Waals surface area contributed by atoms with Gasteiger partial charge in [-0.2, -0.15) is 0 Å². The average molecular weight is 300 g/mol. The van der Waals surface area contributed by atoms with Crippen molar-refractivity contribution >= 4 is 23.2 Å². The fourth-order valence-electron chi connectivity index (χ4n) is 3.34. The molecule has 3 unspecified atom stereocenters. The molecule has 0 heterocycles. The SMILES string of the molecule is CCC1CCC(CN)C(Cc2cccc(Cl)c2Cl)C1. The second-order valence-corrected chi connectivity index (χ2v) is 6.55. The van der Waals surface area contributed by atoms with E-state index < -0.39 is 0 Å². The molecule has 1 fully saturated rings. The van der Waals surface area contributed by atoms with E-state index in [0.717, 1.165) is 23.9 Å². The quantitative estimate of drug-likeness (QED) is 0.837. The number of rotatable bonds is 4. The topological polar surface area (TPSA) is 26.0 Å². The minimum absolute atomic E-state index is 0.637. The van der Waals surface area contributed by atoms with Crippen LogP contribution >= 0.6 is 23.2 Å². The summed E-state index contributed by atoms with van der Waals surface area (Å²) >= 11 is 12.4. The summed E-state index contributed by atoms with van der Waals surface area (Å²) in [5, 5.41) is 1.38. The molecule has 3 heteroatoms. The maximum absolute atomic E-state index is 6.31. The zero-order valence-corrected chi connectivity index (χ0v) is 13.1. The van der Waals surface area contributed by atoms with Crippen molar-refractivity contribution in [3.8, 4) is 0 Å². The molecule has 3 atom stereocenters. The molecule has 1 nitrogen and oxygen atoms in total. The Balaban J connectivity index is 2.12. The molecule has 1 aromatic carbocycles. The van der Waals surface area contributed by atoms with Crippen LogP contribution < -0.4 is 5.73 Å². The monoisotopic (exact) mass is 299 g/mol. The van der Waals surface area contributed by atoms with E-state index in [1.165, 1.54) is 31.2 Å². The van der Waals surface area contributed by atoms with Crippen LogP contribution in [0.4, 0.5) is 0 Å². The number of hydrogen-bond donors (Lipinski definition) is 1. The van der Waals surface area contributed by atoms with E-state index in [1.54, 1.807) is 0 Å². The Hall–Kier alpha value is -0.240. The third-order valence-electron chi connectivity index (χ3n) is 4.64. The lowest BCUT2D eigenvalue weighted by Gasteiger charge is -2.35. The molecule has 19 heavy (non-hydrogen) atoms. The van der Waals surface area contributed by atoms with Gasteiger partial charge in [0, 0.05) is 0 Å². The van der Waals surface area contributed by atoms with Crippen LogP contribution in [0.3, 0.4) is 0 Å². The Morgan fingerprint density at radius 1 is 1.21 bits per heavy atom. The van der Waals surface area contributed by atoms with E-state index in [2.05, 4.69) is 13.0 Å². The van der Waals surface area contributed by atoms with Crippen molar-refractivity contribution in [1.29, 1.82) is 0 Å². The Morgan fingerprint density at radius 3 is 2.68 bits per heavy atom. The minimum Gasteiger partial charge on any atom is -0.330 e. The van der Waals surface area contributed by atoms with Crippen LogP contribution in [0, 0.1) is 17.8 Å². The van der Waals surface area contributed by atoms with Crippen LogP contribution in [-0.4, -0.2) is 6.54 Å². The Bertz CT molecular complexity index is 419. The molecule has 1 saturated carbocycles. The summed E-state index contributed by atoms with van der Waals surface area (Å²) < 4.78 is 0. The Kier molecular flexibility index (Phi) is 5.56. The molecule has 2 N–H and O–H groups in total. The summed E-state index contributed by atoms with van der Waals surface area (Å²) in [5.74, 6) is 2.14. The maximum Gasteiger partial charge on any atom is 0.0624 e. The predicted octanol–water partition coefficient (Wildman–Crippen LogP) is 4.94. The second kappa shape index (κ2) is 6.97. The summed E-state index contributed by atoms with van der Waals surface area (Å²) in [5.41, 5.74) is 7.12. The third-order valence-corrected chi connectivity index (χ3v) is 5.50. The largest absolute Gasteiger partial charge is 0.330 e. The maximum atomic E-state index is 6.31. The fraction of sp³-hybridized carbons (Fsp3) is 0.625.